The number of aromatic nitrogens is 3. The third-order valence-corrected chi connectivity index (χ3v) is 3.55. The lowest BCUT2D eigenvalue weighted by Crippen LogP contribution is -2.00. The number of halogens is 1. The lowest BCUT2D eigenvalue weighted by atomic mass is 10.1. The monoisotopic (exact) mass is 337 g/mol. The molecule has 25 heavy (non-hydrogen) atoms. The molecule has 0 aliphatic rings. The second-order valence-electron chi connectivity index (χ2n) is 5.39. The molecule has 2 heterocycles. The minimum absolute atomic E-state index is 0.0264. The van der Waals surface area contributed by atoms with Gasteiger partial charge in [-0.2, -0.15) is 4.98 Å². The minimum atomic E-state index is -0.625. The van der Waals surface area contributed by atoms with Gasteiger partial charge in [0.2, 0.25) is 5.88 Å². The van der Waals surface area contributed by atoms with E-state index in [0.717, 1.165) is 5.69 Å². The maximum atomic E-state index is 13.9. The smallest absolute Gasteiger partial charge is 0.223 e. The minimum Gasteiger partial charge on any atom is -0.439 e. The first-order chi connectivity index (χ1) is 12.1. The van der Waals surface area contributed by atoms with Crippen molar-refractivity contribution in [2.75, 3.05) is 0 Å². The van der Waals surface area contributed by atoms with Crippen LogP contribution in [0.3, 0.4) is 0 Å². The van der Waals surface area contributed by atoms with Gasteiger partial charge >= 0.3 is 0 Å². The Labute approximate surface area is 144 Å². The summed E-state index contributed by atoms with van der Waals surface area (Å²) in [5.74, 6) is 0.0324. The van der Waals surface area contributed by atoms with Crippen LogP contribution in [-0.4, -0.2) is 20.7 Å². The molecule has 0 radical (unpaired) electrons. The van der Waals surface area contributed by atoms with Gasteiger partial charge in [-0.15, -0.1) is 0 Å². The third kappa shape index (κ3) is 3.85. The van der Waals surface area contributed by atoms with Crippen LogP contribution in [0.2, 0.25) is 0 Å². The number of ketones is 1. The molecule has 0 atom stereocenters. The number of pyridine rings is 1. The van der Waals surface area contributed by atoms with Crippen LogP contribution in [0.5, 0.6) is 11.6 Å². The summed E-state index contributed by atoms with van der Waals surface area (Å²) >= 11 is 0. The van der Waals surface area contributed by atoms with E-state index in [-0.39, 0.29) is 17.1 Å². The number of ether oxygens (including phenoxy) is 1. The predicted octanol–water partition coefficient (Wildman–Crippen LogP) is 4.24. The molecular weight excluding hydrogens is 321 g/mol. The summed E-state index contributed by atoms with van der Waals surface area (Å²) in [7, 11) is 0. The highest BCUT2D eigenvalue weighted by molar-refractivity contribution is 5.94. The summed E-state index contributed by atoms with van der Waals surface area (Å²) in [6.45, 7) is 3.28. The van der Waals surface area contributed by atoms with Gasteiger partial charge in [0.1, 0.15) is 17.3 Å². The molecule has 3 aromatic rings. The largest absolute Gasteiger partial charge is 0.439 e. The van der Waals surface area contributed by atoms with E-state index >= 15 is 0 Å². The summed E-state index contributed by atoms with van der Waals surface area (Å²) in [4.78, 5) is 24.3. The summed E-state index contributed by atoms with van der Waals surface area (Å²) in [5.41, 5.74) is 1.44. The van der Waals surface area contributed by atoms with E-state index in [0.29, 0.717) is 23.8 Å². The van der Waals surface area contributed by atoms with Crippen molar-refractivity contribution in [3.63, 3.8) is 0 Å². The fraction of sp³-hybridized carbons (Fsp3) is 0.158. The van der Waals surface area contributed by atoms with E-state index in [2.05, 4.69) is 15.0 Å². The van der Waals surface area contributed by atoms with Gasteiger partial charge in [-0.3, -0.25) is 9.78 Å². The maximum Gasteiger partial charge on any atom is 0.223 e. The predicted molar refractivity (Wildman–Crippen MR) is 91.1 cm³/mol. The van der Waals surface area contributed by atoms with Crippen molar-refractivity contribution in [2.24, 2.45) is 0 Å². The summed E-state index contributed by atoms with van der Waals surface area (Å²) in [6, 6.07) is 11.3. The molecule has 0 fully saturated rings. The summed E-state index contributed by atoms with van der Waals surface area (Å²) in [6.07, 6.45) is 2.35. The SMILES string of the molecule is CCc1cc(Oc2ccc(C(C)=O)c(F)c2)nc(-c2ccccn2)n1. The van der Waals surface area contributed by atoms with Crippen molar-refractivity contribution in [3.05, 3.63) is 65.7 Å². The molecule has 0 spiro atoms. The third-order valence-electron chi connectivity index (χ3n) is 3.55. The Morgan fingerprint density at radius 2 is 2.00 bits per heavy atom. The van der Waals surface area contributed by atoms with Crippen molar-refractivity contribution >= 4 is 5.78 Å². The standard InChI is InChI=1S/C19H16FN3O2/c1-3-13-10-18(23-19(22-13)17-6-4-5-9-21-17)25-14-7-8-15(12(2)24)16(20)11-14/h4-11H,3H2,1-2H3. The molecule has 3 rings (SSSR count). The normalized spacial score (nSPS) is 10.5. The van der Waals surface area contributed by atoms with Crippen LogP contribution in [0.15, 0.2) is 48.7 Å². The number of hydrogen-bond acceptors (Lipinski definition) is 5. The van der Waals surface area contributed by atoms with Crippen molar-refractivity contribution in [2.45, 2.75) is 20.3 Å². The molecule has 0 saturated heterocycles. The molecule has 0 amide bonds. The number of Topliss-reactive ketones (excluding diaryl/α,β-unsaturated/α-hetero) is 1. The van der Waals surface area contributed by atoms with Crippen molar-refractivity contribution in [3.8, 4) is 23.1 Å². The highest BCUT2D eigenvalue weighted by atomic mass is 19.1. The molecule has 0 unspecified atom stereocenters. The van der Waals surface area contributed by atoms with Gasteiger partial charge in [-0.1, -0.05) is 13.0 Å². The lowest BCUT2D eigenvalue weighted by molar-refractivity contribution is 0.101. The molecule has 0 saturated carbocycles. The van der Waals surface area contributed by atoms with Gasteiger partial charge in [0.25, 0.3) is 0 Å². The highest BCUT2D eigenvalue weighted by Gasteiger charge is 2.12. The van der Waals surface area contributed by atoms with Gasteiger partial charge in [0.15, 0.2) is 11.6 Å². The second kappa shape index (κ2) is 7.17. The van der Waals surface area contributed by atoms with E-state index in [1.165, 1.54) is 25.1 Å². The first-order valence-corrected chi connectivity index (χ1v) is 7.84. The van der Waals surface area contributed by atoms with Crippen LogP contribution >= 0.6 is 0 Å². The fourth-order valence-electron chi connectivity index (χ4n) is 2.28. The fourth-order valence-corrected chi connectivity index (χ4v) is 2.28. The molecular formula is C19H16FN3O2. The van der Waals surface area contributed by atoms with Crippen molar-refractivity contribution in [1.29, 1.82) is 0 Å². The Bertz CT molecular complexity index is 914. The first kappa shape index (κ1) is 16.7. The number of carbonyl (C=O) groups excluding carboxylic acids is 1. The summed E-state index contributed by atoms with van der Waals surface area (Å²) < 4.78 is 19.6. The molecule has 0 aliphatic carbocycles. The van der Waals surface area contributed by atoms with Crippen LogP contribution in [0, 0.1) is 5.82 Å². The highest BCUT2D eigenvalue weighted by Crippen LogP contribution is 2.25. The van der Waals surface area contributed by atoms with Gasteiger partial charge in [-0.25, -0.2) is 9.37 Å². The molecule has 1 aromatic carbocycles. The quantitative estimate of drug-likeness (QED) is 0.652. The maximum absolute atomic E-state index is 13.9. The number of benzene rings is 1. The number of nitrogens with zero attached hydrogens (tertiary/aromatic N) is 3. The average molecular weight is 337 g/mol. The van der Waals surface area contributed by atoms with Crippen LogP contribution in [0.1, 0.15) is 29.9 Å². The zero-order valence-electron chi connectivity index (χ0n) is 13.9. The Balaban J connectivity index is 1.95. The zero-order chi connectivity index (χ0) is 17.8. The Morgan fingerprint density at radius 3 is 2.64 bits per heavy atom. The second-order valence-corrected chi connectivity index (χ2v) is 5.39. The van der Waals surface area contributed by atoms with E-state index in [1.54, 1.807) is 18.3 Å². The lowest BCUT2D eigenvalue weighted by Gasteiger charge is -2.09. The van der Waals surface area contributed by atoms with Gasteiger partial charge in [-0.05, 0) is 37.6 Å². The van der Waals surface area contributed by atoms with Crippen LogP contribution in [0.25, 0.3) is 11.5 Å². The van der Waals surface area contributed by atoms with Gasteiger partial charge in [0.05, 0.1) is 5.56 Å². The van der Waals surface area contributed by atoms with Crippen molar-refractivity contribution < 1.29 is 13.9 Å². The number of carbonyl (C=O) groups is 1. The van der Waals surface area contributed by atoms with E-state index in [9.17, 15) is 9.18 Å². The van der Waals surface area contributed by atoms with Crippen LogP contribution in [-0.2, 0) is 6.42 Å². The number of rotatable bonds is 5. The van der Waals surface area contributed by atoms with Crippen LogP contribution < -0.4 is 4.74 Å². The molecule has 0 bridgehead atoms. The topological polar surface area (TPSA) is 65.0 Å². The molecule has 126 valence electrons. The number of hydrogen-bond donors (Lipinski definition) is 0. The van der Waals surface area contributed by atoms with E-state index in [4.69, 9.17) is 4.74 Å². The Kier molecular flexibility index (Phi) is 4.79. The zero-order valence-corrected chi connectivity index (χ0v) is 13.9. The molecule has 6 heteroatoms. The van der Waals surface area contributed by atoms with E-state index < -0.39 is 5.82 Å². The van der Waals surface area contributed by atoms with E-state index in [1.807, 2.05) is 19.1 Å². The van der Waals surface area contributed by atoms with Gasteiger partial charge in [0, 0.05) is 24.0 Å². The summed E-state index contributed by atoms with van der Waals surface area (Å²) in [5, 5.41) is 0. The number of aryl methyl sites for hydroxylation is 1. The Morgan fingerprint density at radius 1 is 1.16 bits per heavy atom. The average Bonchev–Trinajstić information content (AvgIpc) is 2.62. The van der Waals surface area contributed by atoms with Crippen LogP contribution in [0.4, 0.5) is 4.39 Å². The first-order valence-electron chi connectivity index (χ1n) is 7.84. The molecule has 0 N–H and O–H groups in total. The van der Waals surface area contributed by atoms with Crippen molar-refractivity contribution in [1.82, 2.24) is 15.0 Å². The Hall–Kier alpha value is -3.15. The molecule has 5 nitrogen and oxygen atoms in total. The molecule has 2 aromatic heterocycles. The van der Waals surface area contributed by atoms with Gasteiger partial charge < -0.3 is 4.74 Å². The molecule has 0 aliphatic heterocycles.